The van der Waals surface area contributed by atoms with E-state index in [4.69, 9.17) is 11.5 Å². The van der Waals surface area contributed by atoms with Gasteiger partial charge in [-0.05, 0) is 74.0 Å². The average molecular weight is 1080 g/mol. The van der Waals surface area contributed by atoms with Gasteiger partial charge in [-0.25, -0.2) is 4.79 Å². The van der Waals surface area contributed by atoms with E-state index in [-0.39, 0.29) is 50.2 Å². The Balaban J connectivity index is 1.66. The van der Waals surface area contributed by atoms with Crippen molar-refractivity contribution in [3.63, 3.8) is 0 Å². The van der Waals surface area contributed by atoms with Gasteiger partial charge in [-0.3, -0.25) is 38.4 Å². The van der Waals surface area contributed by atoms with Crippen LogP contribution in [0.15, 0.2) is 85.1 Å². The van der Waals surface area contributed by atoms with E-state index in [0.29, 0.717) is 16.7 Å². The van der Waals surface area contributed by atoms with Crippen molar-refractivity contribution in [1.82, 2.24) is 42.2 Å². The third-order valence-electron chi connectivity index (χ3n) is 12.3. The fourth-order valence-corrected chi connectivity index (χ4v) is 11.0. The van der Waals surface area contributed by atoms with Crippen LogP contribution in [0, 0.1) is 5.92 Å². The summed E-state index contributed by atoms with van der Waals surface area (Å²) >= 11 is 0. The molecule has 0 spiro atoms. The highest BCUT2D eigenvalue weighted by Gasteiger charge is 2.42. The van der Waals surface area contributed by atoms with Crippen molar-refractivity contribution in [2.24, 2.45) is 17.4 Å². The van der Waals surface area contributed by atoms with Gasteiger partial charge in [0.25, 0.3) is 0 Å². The molecule has 75 heavy (non-hydrogen) atoms. The number of nitrogens with two attached hydrogens (primary N) is 2. The molecule has 5 rings (SSSR count). The van der Waals surface area contributed by atoms with Gasteiger partial charge in [0, 0.05) is 46.9 Å². The molecule has 0 saturated carbocycles. The highest BCUT2D eigenvalue weighted by atomic mass is 33.1. The number of fused-ring (bicyclic) bond motifs is 1. The van der Waals surface area contributed by atoms with Crippen molar-refractivity contribution in [3.8, 4) is 5.75 Å². The predicted molar refractivity (Wildman–Crippen MR) is 283 cm³/mol. The fraction of sp³-hybridized carbons (Fsp3) is 0.431. The normalized spacial score (nSPS) is 22.0. The van der Waals surface area contributed by atoms with E-state index in [1.54, 1.807) is 70.3 Å². The zero-order valence-electron chi connectivity index (χ0n) is 41.9. The lowest BCUT2D eigenvalue weighted by atomic mass is 9.98. The molecule has 1 aliphatic rings. The molecule has 1 saturated heterocycles. The molecular weight excluding hydrogens is 1010 g/mol. The van der Waals surface area contributed by atoms with E-state index >= 15 is 0 Å². The number of rotatable bonds is 17. The van der Waals surface area contributed by atoms with Gasteiger partial charge >= 0.3 is 11.9 Å². The number of aliphatic carboxylic acids is 2. The molecular formula is C51H66N10O12S2. The maximum absolute atomic E-state index is 14.8. The summed E-state index contributed by atoms with van der Waals surface area (Å²) in [5, 5.41) is 49.0. The largest absolute Gasteiger partial charge is 0.508 e. The molecule has 0 unspecified atom stereocenters. The van der Waals surface area contributed by atoms with Gasteiger partial charge in [-0.15, -0.1) is 0 Å². The Morgan fingerprint density at radius 2 is 1.28 bits per heavy atom. The van der Waals surface area contributed by atoms with Gasteiger partial charge in [-0.2, -0.15) is 0 Å². The van der Waals surface area contributed by atoms with Crippen LogP contribution in [0.1, 0.15) is 63.6 Å². The minimum atomic E-state index is -1.62. The number of hydrogen-bond acceptors (Lipinski definition) is 14. The van der Waals surface area contributed by atoms with Crippen LogP contribution < -0.4 is 48.7 Å². The van der Waals surface area contributed by atoms with E-state index in [9.17, 15) is 58.5 Å². The Labute approximate surface area is 441 Å². The number of H-pyrrole nitrogens is 1. The van der Waals surface area contributed by atoms with E-state index in [1.807, 2.05) is 18.2 Å². The number of aromatic nitrogens is 1. The number of phenols is 1. The van der Waals surface area contributed by atoms with Gasteiger partial charge in [0.15, 0.2) is 0 Å². The van der Waals surface area contributed by atoms with Crippen LogP contribution in [0.4, 0.5) is 0 Å². The minimum Gasteiger partial charge on any atom is -0.508 e. The Morgan fingerprint density at radius 1 is 0.733 bits per heavy atom. The first-order valence-corrected chi connectivity index (χ1v) is 26.6. The summed E-state index contributed by atoms with van der Waals surface area (Å²) in [6.45, 7) is 6.34. The smallest absolute Gasteiger partial charge is 0.326 e. The van der Waals surface area contributed by atoms with Crippen molar-refractivity contribution in [1.29, 1.82) is 0 Å². The first kappa shape index (κ1) is 58.7. The second-order valence-corrected chi connectivity index (χ2v) is 22.0. The number of aromatic hydroxyl groups is 1. The predicted octanol–water partition coefficient (Wildman–Crippen LogP) is 0.750. The van der Waals surface area contributed by atoms with Crippen molar-refractivity contribution in [2.45, 2.75) is 119 Å². The molecule has 22 nitrogen and oxygen atoms in total. The molecule has 4 aromatic rings. The first-order chi connectivity index (χ1) is 35.6. The molecule has 1 fully saturated rings. The second kappa shape index (κ2) is 27.4. The van der Waals surface area contributed by atoms with Crippen LogP contribution in [-0.4, -0.2) is 139 Å². The summed E-state index contributed by atoms with van der Waals surface area (Å²) in [7, 11) is 1.91. The van der Waals surface area contributed by atoms with Gasteiger partial charge in [0.05, 0.1) is 12.5 Å². The van der Waals surface area contributed by atoms with Gasteiger partial charge in [0.1, 0.15) is 48.0 Å². The molecule has 1 aromatic heterocycles. The second-order valence-electron chi connectivity index (χ2n) is 19.0. The quantitative estimate of drug-likeness (QED) is 0.0649. The Bertz CT molecular complexity index is 2670. The van der Waals surface area contributed by atoms with Crippen LogP contribution in [-0.2, 0) is 62.4 Å². The number of aromatic amines is 1. The molecule has 24 heteroatoms. The van der Waals surface area contributed by atoms with Crippen LogP contribution in [0.3, 0.4) is 0 Å². The number of phenolic OH excluding ortho intramolecular Hbond substituents is 1. The number of carboxylic acids is 2. The Morgan fingerprint density at radius 3 is 1.88 bits per heavy atom. The number of carbonyl (C=O) groups is 9. The van der Waals surface area contributed by atoms with Crippen LogP contribution in [0.25, 0.3) is 10.9 Å². The SMILES string of the molecule is CC(C)[C@H](NC(=O)[C@@H]1CSSC(C)(C)[C@H](NC(=O)[C@@H](N)CC(=O)O)C(=O)N[C@@H](Cc2ccccc2)C(=O)N[C@@H](Cc2c[nH]c3ccccc23)C(=O)N[C@@H](CCCN)C(=O)N[C@@H](Cc2ccc(O)cc2)C(=O)N1)C(=O)O. The topological polar surface area (TPSA) is 366 Å². The van der Waals surface area contributed by atoms with E-state index in [1.165, 1.54) is 24.3 Å². The molecule has 0 aliphatic carbocycles. The summed E-state index contributed by atoms with van der Waals surface area (Å²) in [6.07, 6.45) is 0.590. The van der Waals surface area contributed by atoms with Crippen molar-refractivity contribution in [3.05, 3.63) is 102 Å². The molecule has 0 bridgehead atoms. The van der Waals surface area contributed by atoms with E-state index < -0.39 is 119 Å². The number of benzene rings is 3. The number of nitrogens with one attached hydrogen (secondary N) is 8. The number of hydrogen-bond donors (Lipinski definition) is 13. The highest BCUT2D eigenvalue weighted by molar-refractivity contribution is 8.77. The molecule has 404 valence electrons. The van der Waals surface area contributed by atoms with Crippen LogP contribution in [0.5, 0.6) is 5.75 Å². The molecule has 0 radical (unpaired) electrons. The highest BCUT2D eigenvalue weighted by Crippen LogP contribution is 2.39. The zero-order chi connectivity index (χ0) is 55.0. The zero-order valence-corrected chi connectivity index (χ0v) is 43.6. The fourth-order valence-electron chi connectivity index (χ4n) is 8.14. The van der Waals surface area contributed by atoms with E-state index in [2.05, 4.69) is 42.2 Å². The summed E-state index contributed by atoms with van der Waals surface area (Å²) in [5.74, 6) is -9.99. The molecule has 7 amide bonds. The number of amides is 7. The minimum absolute atomic E-state index is 0.0360. The summed E-state index contributed by atoms with van der Waals surface area (Å²) < 4.78 is -1.42. The lowest BCUT2D eigenvalue weighted by Crippen LogP contribution is -2.63. The lowest BCUT2D eigenvalue weighted by molar-refractivity contribution is -0.143. The monoisotopic (exact) mass is 1070 g/mol. The Hall–Kier alpha value is -7.15. The lowest BCUT2D eigenvalue weighted by Gasteiger charge is -2.35. The summed E-state index contributed by atoms with van der Waals surface area (Å²) in [5.41, 5.74) is 14.3. The number of carbonyl (C=O) groups excluding carboxylic acids is 7. The maximum Gasteiger partial charge on any atom is 0.326 e. The third kappa shape index (κ3) is 17.2. The molecule has 15 N–H and O–H groups in total. The number of carboxylic acid groups (broad SMARTS) is 2. The van der Waals surface area contributed by atoms with Crippen LogP contribution >= 0.6 is 21.6 Å². The average Bonchev–Trinajstić information content (AvgIpc) is 3.77. The molecule has 2 heterocycles. The van der Waals surface area contributed by atoms with Gasteiger partial charge < -0.3 is 69.0 Å². The van der Waals surface area contributed by atoms with Crippen molar-refractivity contribution >= 4 is 85.8 Å². The maximum atomic E-state index is 14.8. The van der Waals surface area contributed by atoms with Crippen molar-refractivity contribution < 1.29 is 58.5 Å². The summed E-state index contributed by atoms with van der Waals surface area (Å²) in [4.78, 5) is 128. The molecule has 1 aliphatic heterocycles. The van der Waals surface area contributed by atoms with Crippen molar-refractivity contribution in [2.75, 3.05) is 12.3 Å². The molecule has 8 atom stereocenters. The summed E-state index contributed by atoms with van der Waals surface area (Å²) in [6, 6.07) is 9.85. The first-order valence-electron chi connectivity index (χ1n) is 24.3. The van der Waals surface area contributed by atoms with E-state index in [0.717, 1.165) is 32.5 Å². The van der Waals surface area contributed by atoms with Gasteiger partial charge in [0.2, 0.25) is 41.4 Å². The van der Waals surface area contributed by atoms with Crippen LogP contribution in [0.2, 0.25) is 0 Å². The third-order valence-corrected chi connectivity index (χ3v) is 15.6. The number of para-hydroxylation sites is 1. The Kier molecular flexibility index (Phi) is 21.5. The molecule has 3 aromatic carbocycles. The van der Waals surface area contributed by atoms with Gasteiger partial charge in [-0.1, -0.05) is 96.1 Å². The standard InChI is InChI=1S/C51H66N10O12S2/c1-27(2)41(50(72)73)60-48(70)39-26-74-75-51(3,4)42(61-43(65)33(53)24-40(63)64)49(71)58-37(21-28-11-6-5-7-12-28)45(67)57-38(23-30-25-54-34-14-9-8-13-32(30)34)47(69)55-35(15-10-20-52)44(66)56-36(46(68)59-39)22-29-16-18-31(62)19-17-29/h5-9,11-14,16-19,25,27,33,35-39,41-42,54,62H,10,15,20-24,26,52-53H2,1-4H3,(H,55,69)(H,56,66)(H,57,67)(H,58,71)(H,59,68)(H,60,70)(H,61,65)(H,63,64)(H,72,73)/t33-,35-,36-,37-,38-,39-,41-,42+/m0/s1.